The summed E-state index contributed by atoms with van der Waals surface area (Å²) in [5.41, 5.74) is 2.00. The topological polar surface area (TPSA) is 80.9 Å². The van der Waals surface area contributed by atoms with E-state index < -0.39 is 11.9 Å². The molecule has 3 aromatic rings. The SMILES string of the molecule is OCc1cc2c3c(ccc2c2ccccc12)C(O)(O)C(O)CC3. The van der Waals surface area contributed by atoms with E-state index in [4.69, 9.17) is 0 Å². The zero-order valence-corrected chi connectivity index (χ0v) is 12.5. The van der Waals surface area contributed by atoms with Crippen molar-refractivity contribution in [2.24, 2.45) is 0 Å². The third kappa shape index (κ3) is 2.00. The van der Waals surface area contributed by atoms with E-state index in [1.807, 2.05) is 36.4 Å². The lowest BCUT2D eigenvalue weighted by Gasteiger charge is -2.34. The number of hydrogen-bond acceptors (Lipinski definition) is 4. The Morgan fingerprint density at radius 2 is 1.65 bits per heavy atom. The minimum absolute atomic E-state index is 0.0772. The van der Waals surface area contributed by atoms with E-state index in [0.29, 0.717) is 18.4 Å². The summed E-state index contributed by atoms with van der Waals surface area (Å²) in [4.78, 5) is 0. The molecule has 1 aliphatic rings. The molecule has 0 saturated heterocycles. The molecule has 3 aromatic carbocycles. The van der Waals surface area contributed by atoms with Crippen LogP contribution >= 0.6 is 0 Å². The fourth-order valence-corrected chi connectivity index (χ4v) is 3.72. The van der Waals surface area contributed by atoms with Crippen LogP contribution in [0.1, 0.15) is 23.1 Å². The Labute approximate surface area is 133 Å². The molecule has 4 rings (SSSR count). The highest BCUT2D eigenvalue weighted by Gasteiger charge is 2.40. The molecule has 4 heteroatoms. The molecule has 23 heavy (non-hydrogen) atoms. The van der Waals surface area contributed by atoms with Crippen LogP contribution in [0, 0.1) is 0 Å². The summed E-state index contributed by atoms with van der Waals surface area (Å²) in [6, 6.07) is 13.3. The zero-order valence-electron chi connectivity index (χ0n) is 12.5. The van der Waals surface area contributed by atoms with Crippen molar-refractivity contribution in [1.82, 2.24) is 0 Å². The summed E-state index contributed by atoms with van der Waals surface area (Å²) in [5, 5.41) is 44.0. The fraction of sp³-hybridized carbons (Fsp3) is 0.263. The molecule has 1 aliphatic carbocycles. The molecule has 0 saturated carbocycles. The van der Waals surface area contributed by atoms with E-state index in [2.05, 4.69) is 0 Å². The van der Waals surface area contributed by atoms with Gasteiger partial charge in [0.1, 0.15) is 6.10 Å². The van der Waals surface area contributed by atoms with Gasteiger partial charge in [-0.2, -0.15) is 0 Å². The van der Waals surface area contributed by atoms with Gasteiger partial charge in [-0.15, -0.1) is 0 Å². The highest BCUT2D eigenvalue weighted by atomic mass is 16.5. The predicted molar refractivity (Wildman–Crippen MR) is 87.8 cm³/mol. The highest BCUT2D eigenvalue weighted by molar-refractivity contribution is 6.10. The Bertz CT molecular complexity index is 914. The summed E-state index contributed by atoms with van der Waals surface area (Å²) in [5.74, 6) is -2.23. The van der Waals surface area contributed by atoms with E-state index in [0.717, 1.165) is 32.7 Å². The lowest BCUT2D eigenvalue weighted by Crippen LogP contribution is -2.43. The van der Waals surface area contributed by atoms with Crippen LogP contribution in [-0.4, -0.2) is 26.5 Å². The molecule has 1 atom stereocenters. The van der Waals surface area contributed by atoms with Crippen LogP contribution in [0.5, 0.6) is 0 Å². The van der Waals surface area contributed by atoms with Crippen molar-refractivity contribution in [3.8, 4) is 0 Å². The Hall–Kier alpha value is -1.98. The lowest BCUT2D eigenvalue weighted by atomic mass is 9.81. The molecule has 0 bridgehead atoms. The summed E-state index contributed by atoms with van der Waals surface area (Å²) >= 11 is 0. The molecule has 0 radical (unpaired) electrons. The second-order valence-electron chi connectivity index (χ2n) is 6.21. The molecule has 118 valence electrons. The largest absolute Gasteiger partial charge is 0.392 e. The number of hydrogen-bond donors (Lipinski definition) is 4. The maximum atomic E-state index is 10.3. The van der Waals surface area contributed by atoms with Crippen LogP contribution in [0.25, 0.3) is 21.5 Å². The van der Waals surface area contributed by atoms with Crippen molar-refractivity contribution in [2.75, 3.05) is 0 Å². The van der Waals surface area contributed by atoms with Crippen molar-refractivity contribution in [1.29, 1.82) is 0 Å². The smallest absolute Gasteiger partial charge is 0.217 e. The monoisotopic (exact) mass is 310 g/mol. The Balaban J connectivity index is 2.13. The summed E-state index contributed by atoms with van der Waals surface area (Å²) in [7, 11) is 0. The number of rotatable bonds is 1. The van der Waals surface area contributed by atoms with Crippen LogP contribution in [0.3, 0.4) is 0 Å². The molecule has 0 amide bonds. The van der Waals surface area contributed by atoms with Crippen molar-refractivity contribution in [2.45, 2.75) is 31.3 Å². The second kappa shape index (κ2) is 5.01. The van der Waals surface area contributed by atoms with Gasteiger partial charge in [-0.3, -0.25) is 0 Å². The number of aliphatic hydroxyl groups is 4. The van der Waals surface area contributed by atoms with Gasteiger partial charge in [-0.1, -0.05) is 36.4 Å². The van der Waals surface area contributed by atoms with Crippen molar-refractivity contribution >= 4 is 21.5 Å². The average molecular weight is 310 g/mol. The minimum atomic E-state index is -2.23. The number of aliphatic hydroxyl groups excluding tert-OH is 2. The molecule has 0 fully saturated rings. The van der Waals surface area contributed by atoms with Crippen molar-refractivity contribution < 1.29 is 20.4 Å². The molecule has 0 aliphatic heterocycles. The number of fused-ring (bicyclic) bond motifs is 5. The quantitative estimate of drug-likeness (QED) is 0.409. The molecule has 0 spiro atoms. The molecule has 4 nitrogen and oxygen atoms in total. The summed E-state index contributed by atoms with van der Waals surface area (Å²) < 4.78 is 0. The van der Waals surface area contributed by atoms with Crippen LogP contribution in [-0.2, 0) is 18.8 Å². The first kappa shape index (κ1) is 14.6. The predicted octanol–water partition coefficient (Wildman–Crippen LogP) is 1.93. The maximum Gasteiger partial charge on any atom is 0.217 e. The third-order valence-electron chi connectivity index (χ3n) is 4.94. The molecular weight excluding hydrogens is 292 g/mol. The van der Waals surface area contributed by atoms with Crippen LogP contribution in [0.2, 0.25) is 0 Å². The van der Waals surface area contributed by atoms with Crippen LogP contribution < -0.4 is 0 Å². The molecule has 1 unspecified atom stereocenters. The average Bonchev–Trinajstić information content (AvgIpc) is 2.57. The van der Waals surface area contributed by atoms with Gasteiger partial charge < -0.3 is 20.4 Å². The van der Waals surface area contributed by atoms with Gasteiger partial charge in [0.15, 0.2) is 0 Å². The Morgan fingerprint density at radius 1 is 0.957 bits per heavy atom. The van der Waals surface area contributed by atoms with E-state index in [1.165, 1.54) is 0 Å². The van der Waals surface area contributed by atoms with Crippen LogP contribution in [0.4, 0.5) is 0 Å². The van der Waals surface area contributed by atoms with Gasteiger partial charge in [0.05, 0.1) is 6.61 Å². The van der Waals surface area contributed by atoms with Crippen molar-refractivity contribution in [3.05, 3.63) is 59.2 Å². The first-order valence-electron chi connectivity index (χ1n) is 7.74. The Morgan fingerprint density at radius 3 is 2.39 bits per heavy atom. The summed E-state index contributed by atoms with van der Waals surface area (Å²) in [6.45, 7) is -0.0772. The van der Waals surface area contributed by atoms with Gasteiger partial charge in [0.2, 0.25) is 5.79 Å². The number of benzene rings is 3. The van der Waals surface area contributed by atoms with Crippen molar-refractivity contribution in [3.63, 3.8) is 0 Å². The second-order valence-corrected chi connectivity index (χ2v) is 6.21. The summed E-state index contributed by atoms with van der Waals surface area (Å²) in [6.07, 6.45) is -0.328. The lowest BCUT2D eigenvalue weighted by molar-refractivity contribution is -0.240. The highest BCUT2D eigenvalue weighted by Crippen LogP contribution is 2.40. The first-order chi connectivity index (χ1) is 11.0. The van der Waals surface area contributed by atoms with Gasteiger partial charge in [0.25, 0.3) is 0 Å². The van der Waals surface area contributed by atoms with Gasteiger partial charge >= 0.3 is 0 Å². The first-order valence-corrected chi connectivity index (χ1v) is 7.74. The zero-order chi connectivity index (χ0) is 16.2. The molecule has 0 aromatic heterocycles. The van der Waals surface area contributed by atoms with E-state index >= 15 is 0 Å². The van der Waals surface area contributed by atoms with Gasteiger partial charge in [-0.25, -0.2) is 0 Å². The van der Waals surface area contributed by atoms with Gasteiger partial charge in [-0.05, 0) is 51.6 Å². The normalized spacial score (nSPS) is 19.9. The standard InChI is InChI=1S/C19H18O4/c20-10-11-9-16-14(13-4-2-1-3-12(11)13)5-7-17-15(16)6-8-18(21)19(17,22)23/h1-5,7,9,18,20-23H,6,8,10H2. The molecule has 4 N–H and O–H groups in total. The minimum Gasteiger partial charge on any atom is -0.392 e. The van der Waals surface area contributed by atoms with E-state index in [1.54, 1.807) is 6.07 Å². The third-order valence-corrected chi connectivity index (χ3v) is 4.94. The van der Waals surface area contributed by atoms with Crippen LogP contribution in [0.15, 0.2) is 42.5 Å². The van der Waals surface area contributed by atoms with E-state index in [9.17, 15) is 20.4 Å². The molecular formula is C19H18O4. The fourth-order valence-electron chi connectivity index (χ4n) is 3.72. The number of aryl methyl sites for hydroxylation is 1. The van der Waals surface area contributed by atoms with Gasteiger partial charge in [0, 0.05) is 5.56 Å². The van der Waals surface area contributed by atoms with E-state index in [-0.39, 0.29) is 6.61 Å². The maximum absolute atomic E-state index is 10.3. The molecule has 0 heterocycles. The Kier molecular flexibility index (Phi) is 3.18.